The van der Waals surface area contributed by atoms with Crippen molar-refractivity contribution < 1.29 is 19.4 Å². The zero-order valence-electron chi connectivity index (χ0n) is 11.7. The maximum absolute atomic E-state index is 11.0. The van der Waals surface area contributed by atoms with E-state index in [1.165, 1.54) is 13.2 Å². The van der Waals surface area contributed by atoms with E-state index >= 15 is 0 Å². The molecule has 2 aromatic carbocycles. The standard InChI is InChI=1S/C17H16O4/c1-21-17-7-5-13(9-15(17)11-19)3-2-12-4-6-16(20)14(8-12)10-18/h4-11,20H,2-3H2,1H3. The fourth-order valence-corrected chi connectivity index (χ4v) is 2.17. The van der Waals surface area contributed by atoms with Crippen molar-refractivity contribution in [2.24, 2.45) is 0 Å². The van der Waals surface area contributed by atoms with Gasteiger partial charge in [-0.3, -0.25) is 9.59 Å². The van der Waals surface area contributed by atoms with Gasteiger partial charge in [0.25, 0.3) is 0 Å². The van der Waals surface area contributed by atoms with Crippen LogP contribution in [0.2, 0.25) is 0 Å². The van der Waals surface area contributed by atoms with E-state index < -0.39 is 0 Å². The van der Waals surface area contributed by atoms with Crippen molar-refractivity contribution in [3.8, 4) is 11.5 Å². The van der Waals surface area contributed by atoms with Crippen molar-refractivity contribution in [3.05, 3.63) is 58.7 Å². The first-order valence-corrected chi connectivity index (χ1v) is 6.57. The van der Waals surface area contributed by atoms with E-state index in [1.54, 1.807) is 24.3 Å². The van der Waals surface area contributed by atoms with Crippen LogP contribution in [0.25, 0.3) is 0 Å². The smallest absolute Gasteiger partial charge is 0.153 e. The monoisotopic (exact) mass is 284 g/mol. The van der Waals surface area contributed by atoms with Crippen LogP contribution < -0.4 is 4.74 Å². The Morgan fingerprint density at radius 2 is 1.52 bits per heavy atom. The molecule has 4 nitrogen and oxygen atoms in total. The van der Waals surface area contributed by atoms with Gasteiger partial charge in [0, 0.05) is 0 Å². The summed E-state index contributed by atoms with van der Waals surface area (Å²) in [5.74, 6) is 0.545. The average molecular weight is 284 g/mol. The highest BCUT2D eigenvalue weighted by molar-refractivity contribution is 5.80. The van der Waals surface area contributed by atoms with Crippen molar-refractivity contribution in [1.29, 1.82) is 0 Å². The molecule has 0 fully saturated rings. The molecule has 0 aliphatic carbocycles. The number of ether oxygens (including phenoxy) is 1. The Morgan fingerprint density at radius 1 is 0.952 bits per heavy atom. The molecule has 1 N–H and O–H groups in total. The summed E-state index contributed by atoms with van der Waals surface area (Å²) in [4.78, 5) is 21.8. The third-order valence-corrected chi connectivity index (χ3v) is 3.34. The van der Waals surface area contributed by atoms with Crippen molar-refractivity contribution in [1.82, 2.24) is 0 Å². The van der Waals surface area contributed by atoms with Gasteiger partial charge in [-0.05, 0) is 48.2 Å². The molecule has 0 aromatic heterocycles. The lowest BCUT2D eigenvalue weighted by molar-refractivity contribution is 0.111. The van der Waals surface area contributed by atoms with Crippen LogP contribution in [0.1, 0.15) is 31.8 Å². The predicted molar refractivity (Wildman–Crippen MR) is 79.3 cm³/mol. The molecule has 0 radical (unpaired) electrons. The molecule has 0 saturated carbocycles. The third kappa shape index (κ3) is 3.48. The predicted octanol–water partition coefficient (Wildman–Crippen LogP) is 2.81. The number of phenolic OH excluding ortho intramolecular Hbond substituents is 1. The Kier molecular flexibility index (Phi) is 4.72. The lowest BCUT2D eigenvalue weighted by atomic mass is 10.0. The van der Waals surface area contributed by atoms with E-state index in [9.17, 15) is 14.7 Å². The maximum atomic E-state index is 11.0. The zero-order valence-corrected chi connectivity index (χ0v) is 11.7. The van der Waals surface area contributed by atoms with Crippen molar-refractivity contribution in [2.75, 3.05) is 7.11 Å². The van der Waals surface area contributed by atoms with Gasteiger partial charge < -0.3 is 9.84 Å². The highest BCUT2D eigenvalue weighted by Crippen LogP contribution is 2.21. The van der Waals surface area contributed by atoms with Gasteiger partial charge in [-0.25, -0.2) is 0 Å². The third-order valence-electron chi connectivity index (χ3n) is 3.34. The van der Waals surface area contributed by atoms with Crippen LogP contribution in [-0.4, -0.2) is 24.8 Å². The van der Waals surface area contributed by atoms with Crippen LogP contribution in [0.3, 0.4) is 0 Å². The normalized spacial score (nSPS) is 10.1. The second-order valence-electron chi connectivity index (χ2n) is 4.71. The van der Waals surface area contributed by atoms with Crippen LogP contribution in [0.4, 0.5) is 0 Å². The maximum Gasteiger partial charge on any atom is 0.153 e. The molecule has 0 unspecified atom stereocenters. The minimum absolute atomic E-state index is 0.0126. The minimum Gasteiger partial charge on any atom is -0.507 e. The summed E-state index contributed by atoms with van der Waals surface area (Å²) in [5, 5.41) is 9.46. The molecule has 4 heteroatoms. The quantitative estimate of drug-likeness (QED) is 0.828. The molecule has 0 aliphatic rings. The summed E-state index contributed by atoms with van der Waals surface area (Å²) in [7, 11) is 1.53. The Morgan fingerprint density at radius 3 is 2.10 bits per heavy atom. The van der Waals surface area contributed by atoms with Gasteiger partial charge in [-0.2, -0.15) is 0 Å². The van der Waals surface area contributed by atoms with Crippen molar-refractivity contribution in [3.63, 3.8) is 0 Å². The van der Waals surface area contributed by atoms with Gasteiger partial charge in [0.05, 0.1) is 18.2 Å². The molecule has 2 aromatic rings. The molecule has 108 valence electrons. The van der Waals surface area contributed by atoms with E-state index in [0.29, 0.717) is 24.0 Å². The number of phenols is 1. The molecule has 0 heterocycles. The molecule has 0 atom stereocenters. The lowest BCUT2D eigenvalue weighted by Crippen LogP contribution is -1.96. The Labute approximate surface area is 123 Å². The number of carbonyl (C=O) groups is 2. The van der Waals surface area contributed by atoms with Crippen LogP contribution >= 0.6 is 0 Å². The molecule has 0 saturated heterocycles. The number of aromatic hydroxyl groups is 1. The fraction of sp³-hybridized carbons (Fsp3) is 0.176. The van der Waals surface area contributed by atoms with Crippen LogP contribution in [0.5, 0.6) is 11.5 Å². The number of hydrogen-bond donors (Lipinski definition) is 1. The van der Waals surface area contributed by atoms with Crippen LogP contribution in [0.15, 0.2) is 36.4 Å². The van der Waals surface area contributed by atoms with E-state index in [4.69, 9.17) is 4.74 Å². The SMILES string of the molecule is COc1ccc(CCc2ccc(O)c(C=O)c2)cc1C=O. The molecular formula is C17H16O4. The van der Waals surface area contributed by atoms with Crippen molar-refractivity contribution >= 4 is 12.6 Å². The number of carbonyl (C=O) groups excluding carboxylic acids is 2. The van der Waals surface area contributed by atoms with E-state index in [1.807, 2.05) is 6.07 Å². The number of benzene rings is 2. The molecule has 21 heavy (non-hydrogen) atoms. The largest absolute Gasteiger partial charge is 0.507 e. The Hall–Kier alpha value is -2.62. The highest BCUT2D eigenvalue weighted by atomic mass is 16.5. The average Bonchev–Trinajstić information content (AvgIpc) is 2.53. The van der Waals surface area contributed by atoms with E-state index in [0.717, 1.165) is 23.8 Å². The molecule has 2 rings (SSSR count). The van der Waals surface area contributed by atoms with Gasteiger partial charge in [-0.15, -0.1) is 0 Å². The van der Waals surface area contributed by atoms with Gasteiger partial charge in [0.2, 0.25) is 0 Å². The topological polar surface area (TPSA) is 63.6 Å². The number of aryl methyl sites for hydroxylation is 2. The van der Waals surface area contributed by atoms with Crippen LogP contribution in [-0.2, 0) is 12.8 Å². The molecule has 0 spiro atoms. The molecule has 0 amide bonds. The van der Waals surface area contributed by atoms with Gasteiger partial charge in [-0.1, -0.05) is 12.1 Å². The highest BCUT2D eigenvalue weighted by Gasteiger charge is 2.05. The van der Waals surface area contributed by atoms with E-state index in [2.05, 4.69) is 0 Å². The zero-order chi connectivity index (χ0) is 15.2. The van der Waals surface area contributed by atoms with Crippen LogP contribution in [0, 0.1) is 0 Å². The summed E-state index contributed by atoms with van der Waals surface area (Å²) < 4.78 is 5.10. The first-order chi connectivity index (χ1) is 10.2. The number of aldehydes is 2. The summed E-state index contributed by atoms with van der Waals surface area (Å²) in [6.07, 6.45) is 2.85. The first kappa shape index (κ1) is 14.8. The van der Waals surface area contributed by atoms with Gasteiger partial charge in [0.15, 0.2) is 12.6 Å². The fourth-order valence-electron chi connectivity index (χ4n) is 2.17. The summed E-state index contributed by atoms with van der Waals surface area (Å²) >= 11 is 0. The number of rotatable bonds is 6. The summed E-state index contributed by atoms with van der Waals surface area (Å²) in [6, 6.07) is 10.5. The lowest BCUT2D eigenvalue weighted by Gasteiger charge is -2.07. The van der Waals surface area contributed by atoms with Gasteiger partial charge in [0.1, 0.15) is 11.5 Å². The van der Waals surface area contributed by atoms with E-state index in [-0.39, 0.29) is 11.3 Å². The summed E-state index contributed by atoms with van der Waals surface area (Å²) in [6.45, 7) is 0. The number of methoxy groups -OCH3 is 1. The Balaban J connectivity index is 2.12. The van der Waals surface area contributed by atoms with Gasteiger partial charge >= 0.3 is 0 Å². The Bertz CT molecular complexity index is 662. The molecular weight excluding hydrogens is 268 g/mol. The second-order valence-corrected chi connectivity index (χ2v) is 4.71. The molecule has 0 bridgehead atoms. The van der Waals surface area contributed by atoms with Crippen molar-refractivity contribution in [2.45, 2.75) is 12.8 Å². The first-order valence-electron chi connectivity index (χ1n) is 6.57. The summed E-state index contributed by atoms with van der Waals surface area (Å²) in [5.41, 5.74) is 2.78. The minimum atomic E-state index is -0.0126. The molecule has 0 aliphatic heterocycles. The number of hydrogen-bond acceptors (Lipinski definition) is 4. The second kappa shape index (κ2) is 6.70.